The highest BCUT2D eigenvalue weighted by molar-refractivity contribution is 7.94. The van der Waals surface area contributed by atoms with E-state index in [0.29, 0.717) is 0 Å². The van der Waals surface area contributed by atoms with Gasteiger partial charge in [0.25, 0.3) is 5.95 Å². The van der Waals surface area contributed by atoms with Gasteiger partial charge in [-0.2, -0.15) is 22.8 Å². The Hall–Kier alpha value is -3.02. The van der Waals surface area contributed by atoms with Gasteiger partial charge in [-0.1, -0.05) is 0 Å². The normalized spacial score (nSPS) is 11.0. The highest BCUT2D eigenvalue weighted by Gasteiger charge is 2.35. The molecule has 0 saturated heterocycles. The van der Waals surface area contributed by atoms with Crippen molar-refractivity contribution in [1.82, 2.24) is 14.6 Å². The van der Waals surface area contributed by atoms with Crippen molar-refractivity contribution in [1.29, 1.82) is 0 Å². The maximum absolute atomic E-state index is 12.7. The Bertz CT molecular complexity index is 800. The van der Waals surface area contributed by atoms with Crippen molar-refractivity contribution in [2.75, 3.05) is 30.0 Å². The van der Waals surface area contributed by atoms with E-state index in [-0.39, 0.29) is 16.1 Å². The van der Waals surface area contributed by atoms with Crippen LogP contribution in [-0.2, 0) is 10.2 Å². The quantitative estimate of drug-likeness (QED) is 0.750. The summed E-state index contributed by atoms with van der Waals surface area (Å²) >= 11 is 0. The van der Waals surface area contributed by atoms with E-state index in [1.54, 1.807) is 12.1 Å². The van der Waals surface area contributed by atoms with Crippen molar-refractivity contribution >= 4 is 22.2 Å². The molecular weight excluding hydrogens is 340 g/mol. The summed E-state index contributed by atoms with van der Waals surface area (Å²) in [5.74, 6) is -0.499. The number of nitrogens with zero attached hydrogens (tertiary/aromatic N) is 5. The number of primary amides is 1. The van der Waals surface area contributed by atoms with E-state index in [2.05, 4.69) is 9.97 Å². The highest BCUT2D eigenvalue weighted by atomic mass is 32.2. The summed E-state index contributed by atoms with van der Waals surface area (Å²) in [7, 11) is -0.528. The number of carbonyl (C=O) groups excluding carboxylic acids is 1. The summed E-state index contributed by atoms with van der Waals surface area (Å²) in [6.45, 7) is 0. The van der Waals surface area contributed by atoms with Crippen molar-refractivity contribution in [3.63, 3.8) is 0 Å². The number of hydrogen-bond acceptors (Lipinski definition) is 7. The molecule has 2 N–H and O–H groups in total. The monoisotopic (exact) mass is 356 g/mol. The van der Waals surface area contributed by atoms with Gasteiger partial charge in [0, 0.05) is 19.4 Å². The minimum atomic E-state index is -4.41. The molecule has 0 aliphatic heterocycles. The predicted octanol–water partition coefficient (Wildman–Crippen LogP) is -0.307. The number of hydrogen-bond donors (Lipinski definition) is 1. The molecule has 0 bridgehead atoms. The third-order valence-electron chi connectivity index (χ3n) is 2.95. The van der Waals surface area contributed by atoms with Gasteiger partial charge in [0.05, 0.1) is 20.3 Å². The number of nitrogens with two attached hydrogens (primary N) is 1. The Morgan fingerprint density at radius 1 is 1.17 bits per heavy atom. The molecule has 0 atom stereocenters. The van der Waals surface area contributed by atoms with Crippen molar-refractivity contribution < 1.29 is 22.7 Å². The van der Waals surface area contributed by atoms with Crippen LogP contribution in [0.4, 0.5) is 10.7 Å². The van der Waals surface area contributed by atoms with Gasteiger partial charge in [0.15, 0.2) is 0 Å². The highest BCUT2D eigenvalue weighted by Crippen LogP contribution is 2.22. The second-order valence-electron chi connectivity index (χ2n) is 4.36. The van der Waals surface area contributed by atoms with E-state index in [1.165, 1.54) is 44.4 Å². The fraction of sp³-hybridized carbons (Fsp3) is 0.250. The van der Waals surface area contributed by atoms with Crippen LogP contribution < -0.4 is 23.9 Å². The van der Waals surface area contributed by atoms with Gasteiger partial charge in [0.1, 0.15) is 0 Å². The van der Waals surface area contributed by atoms with E-state index >= 15 is 0 Å². The average molecular weight is 356 g/mol. The molecule has 0 aliphatic rings. The van der Waals surface area contributed by atoms with Gasteiger partial charge in [0.2, 0.25) is 11.8 Å². The SMILES string of the molecule is COc1cc(OC)nc(N(C(N)=O)S(=O)(=O)N(C)n2cccc2)n1. The minimum Gasteiger partial charge on any atom is -0.481 e. The molecule has 0 aromatic carbocycles. The zero-order valence-corrected chi connectivity index (χ0v) is 14.0. The number of anilines is 1. The lowest BCUT2D eigenvalue weighted by atomic mass is 10.6. The molecule has 0 radical (unpaired) electrons. The zero-order chi connectivity index (χ0) is 17.9. The van der Waals surface area contributed by atoms with E-state index in [4.69, 9.17) is 15.2 Å². The van der Waals surface area contributed by atoms with Crippen LogP contribution >= 0.6 is 0 Å². The van der Waals surface area contributed by atoms with Crippen molar-refractivity contribution in [3.8, 4) is 11.8 Å². The summed E-state index contributed by atoms with van der Waals surface area (Å²) in [6.07, 6.45) is 2.95. The van der Waals surface area contributed by atoms with Gasteiger partial charge < -0.3 is 15.2 Å². The molecule has 2 heterocycles. The molecular formula is C12H16N6O5S. The standard InChI is InChI=1S/C12H16N6O5S/c1-16(17-6-4-5-7-17)24(20,21)18(11(13)19)12-14-9(22-2)8-10(15-12)23-3/h4-8H,1-3H3,(H2,13,19). The second-order valence-corrected chi connectivity index (χ2v) is 6.15. The predicted molar refractivity (Wildman–Crippen MR) is 84.7 cm³/mol. The van der Waals surface area contributed by atoms with E-state index in [1.807, 2.05) is 0 Å². The van der Waals surface area contributed by atoms with Crippen LogP contribution in [0, 0.1) is 0 Å². The fourth-order valence-corrected chi connectivity index (χ4v) is 2.86. The number of aromatic nitrogens is 3. The molecule has 0 fully saturated rings. The average Bonchev–Trinajstić information content (AvgIpc) is 3.07. The molecule has 2 amide bonds. The van der Waals surface area contributed by atoms with Crippen LogP contribution in [0.5, 0.6) is 11.8 Å². The zero-order valence-electron chi connectivity index (χ0n) is 13.1. The Balaban J connectivity index is 2.56. The van der Waals surface area contributed by atoms with Gasteiger partial charge in [-0.15, -0.1) is 4.31 Å². The number of ether oxygens (including phenoxy) is 2. The van der Waals surface area contributed by atoms with Crippen LogP contribution in [0.1, 0.15) is 0 Å². The van der Waals surface area contributed by atoms with Crippen molar-refractivity contribution in [2.45, 2.75) is 0 Å². The van der Waals surface area contributed by atoms with Gasteiger partial charge in [-0.3, -0.25) is 4.68 Å². The first-order valence-corrected chi connectivity index (χ1v) is 7.90. The van der Waals surface area contributed by atoms with E-state index in [0.717, 1.165) is 4.41 Å². The van der Waals surface area contributed by atoms with Gasteiger partial charge in [-0.25, -0.2) is 4.79 Å². The third-order valence-corrected chi connectivity index (χ3v) is 4.61. The summed E-state index contributed by atoms with van der Waals surface area (Å²) in [5, 5.41) is 0. The fourth-order valence-electron chi connectivity index (χ4n) is 1.76. The summed E-state index contributed by atoms with van der Waals surface area (Å²) < 4.78 is 37.7. The first kappa shape index (κ1) is 17.3. The van der Waals surface area contributed by atoms with E-state index in [9.17, 15) is 13.2 Å². The Labute approximate surface area is 138 Å². The van der Waals surface area contributed by atoms with Gasteiger partial charge in [-0.05, 0) is 12.1 Å². The first-order chi connectivity index (χ1) is 11.3. The maximum Gasteiger partial charge on any atom is 0.350 e. The Kier molecular flexibility index (Phi) is 4.78. The minimum absolute atomic E-state index is 0.00178. The first-order valence-electron chi connectivity index (χ1n) is 6.50. The van der Waals surface area contributed by atoms with Crippen LogP contribution in [0.2, 0.25) is 0 Å². The number of rotatable bonds is 6. The molecule has 0 aliphatic carbocycles. The summed E-state index contributed by atoms with van der Waals surface area (Å²) in [5.41, 5.74) is 5.24. The lowest BCUT2D eigenvalue weighted by Gasteiger charge is -2.26. The molecule has 0 spiro atoms. The van der Waals surface area contributed by atoms with Crippen LogP contribution in [-0.4, -0.2) is 50.4 Å². The molecule has 12 heteroatoms. The summed E-state index contributed by atoms with van der Waals surface area (Å²) in [6, 6.07) is 3.27. The van der Waals surface area contributed by atoms with Crippen LogP contribution in [0.25, 0.3) is 0 Å². The number of amides is 2. The summed E-state index contributed by atoms with van der Waals surface area (Å²) in [4.78, 5) is 19.5. The molecule has 11 nitrogen and oxygen atoms in total. The third kappa shape index (κ3) is 3.17. The molecule has 2 aromatic heterocycles. The molecule has 0 unspecified atom stereocenters. The Morgan fingerprint density at radius 2 is 1.67 bits per heavy atom. The Morgan fingerprint density at radius 3 is 2.08 bits per heavy atom. The van der Waals surface area contributed by atoms with Crippen LogP contribution in [0.15, 0.2) is 30.6 Å². The molecule has 130 valence electrons. The second kappa shape index (κ2) is 6.62. The molecule has 2 rings (SSSR count). The van der Waals surface area contributed by atoms with Crippen LogP contribution in [0.3, 0.4) is 0 Å². The van der Waals surface area contributed by atoms with E-state index < -0.39 is 22.2 Å². The topological polar surface area (TPSA) is 133 Å². The van der Waals surface area contributed by atoms with Crippen molar-refractivity contribution in [2.24, 2.45) is 5.73 Å². The lowest BCUT2D eigenvalue weighted by molar-refractivity contribution is 0.256. The smallest absolute Gasteiger partial charge is 0.350 e. The molecule has 2 aromatic rings. The number of carbonyl (C=O) groups is 1. The molecule has 24 heavy (non-hydrogen) atoms. The largest absolute Gasteiger partial charge is 0.481 e. The number of urea groups is 1. The van der Waals surface area contributed by atoms with Gasteiger partial charge >= 0.3 is 16.2 Å². The molecule has 0 saturated carbocycles. The number of methoxy groups -OCH3 is 2. The maximum atomic E-state index is 12.7. The van der Waals surface area contributed by atoms with Crippen molar-refractivity contribution in [3.05, 3.63) is 30.6 Å². The lowest BCUT2D eigenvalue weighted by Crippen LogP contribution is -2.52.